The highest BCUT2D eigenvalue weighted by Crippen LogP contribution is 2.40. The lowest BCUT2D eigenvalue weighted by Crippen LogP contribution is -2.29. The molecule has 3 nitrogen and oxygen atoms in total. The molecule has 1 saturated heterocycles. The zero-order chi connectivity index (χ0) is 23.3. The minimum atomic E-state index is -0.216. The van der Waals surface area contributed by atoms with Crippen LogP contribution < -0.4 is 0 Å². The molecule has 3 rings (SSSR count). The van der Waals surface area contributed by atoms with Crippen LogP contribution in [0.15, 0.2) is 24.3 Å². The molecule has 2 bridgehead atoms. The molecule has 2 aliphatic rings. The van der Waals surface area contributed by atoms with Gasteiger partial charge in [-0.1, -0.05) is 115 Å². The molecule has 1 aliphatic heterocycles. The third kappa shape index (κ3) is 8.58. The summed E-state index contributed by atoms with van der Waals surface area (Å²) in [5.74, 6) is -0.440. The van der Waals surface area contributed by atoms with Crippen LogP contribution in [0, 0.1) is 11.8 Å². The first-order valence-electron chi connectivity index (χ1n) is 14.0. The number of hydrogen-bond acceptors (Lipinski definition) is 3. The van der Waals surface area contributed by atoms with E-state index in [0.717, 1.165) is 31.2 Å². The number of Topliss-reactive ketones (excluding diaryl/α,β-unsaturated/α-hetero) is 1. The van der Waals surface area contributed by atoms with Crippen molar-refractivity contribution in [2.24, 2.45) is 11.8 Å². The minimum Gasteiger partial charge on any atom is -0.462 e. The zero-order valence-corrected chi connectivity index (χ0v) is 21.0. The van der Waals surface area contributed by atoms with Gasteiger partial charge in [-0.25, -0.2) is 0 Å². The Bertz CT molecular complexity index is 708. The molecular weight excluding hydrogens is 408 g/mol. The van der Waals surface area contributed by atoms with Crippen molar-refractivity contribution < 1.29 is 14.3 Å². The van der Waals surface area contributed by atoms with E-state index in [1.807, 2.05) is 12.1 Å². The van der Waals surface area contributed by atoms with E-state index in [1.165, 1.54) is 95.5 Å². The highest BCUT2D eigenvalue weighted by atomic mass is 16.6. The first-order valence-corrected chi connectivity index (χ1v) is 14.0. The molecule has 0 N–H and O–H groups in total. The monoisotopic (exact) mass is 454 g/mol. The zero-order valence-electron chi connectivity index (χ0n) is 21.0. The van der Waals surface area contributed by atoms with Crippen molar-refractivity contribution in [2.45, 2.75) is 129 Å². The molecule has 1 aromatic rings. The predicted molar refractivity (Wildman–Crippen MR) is 135 cm³/mol. The van der Waals surface area contributed by atoms with Crippen LogP contribution >= 0.6 is 0 Å². The molecule has 1 saturated carbocycles. The summed E-state index contributed by atoms with van der Waals surface area (Å²) >= 11 is 0. The molecule has 33 heavy (non-hydrogen) atoms. The number of carbonyl (C=O) groups is 2. The lowest BCUT2D eigenvalue weighted by atomic mass is 9.76. The molecule has 0 radical (unpaired) electrons. The molecule has 1 aromatic carbocycles. The van der Waals surface area contributed by atoms with Gasteiger partial charge in [0.2, 0.25) is 0 Å². The number of ether oxygens (including phenoxy) is 1. The second kappa shape index (κ2) is 14.6. The van der Waals surface area contributed by atoms with Crippen molar-refractivity contribution in [1.29, 1.82) is 0 Å². The Labute approximate surface area is 202 Å². The topological polar surface area (TPSA) is 43.4 Å². The van der Waals surface area contributed by atoms with Gasteiger partial charge in [-0.05, 0) is 37.7 Å². The lowest BCUT2D eigenvalue weighted by molar-refractivity contribution is -0.143. The van der Waals surface area contributed by atoms with Crippen LogP contribution in [0.5, 0.6) is 0 Å². The number of carbonyl (C=O) groups excluding carboxylic acids is 2. The summed E-state index contributed by atoms with van der Waals surface area (Å²) in [4.78, 5) is 24.9. The minimum absolute atomic E-state index is 0.0547. The maximum atomic E-state index is 12.9. The van der Waals surface area contributed by atoms with Crippen molar-refractivity contribution in [3.05, 3.63) is 35.4 Å². The summed E-state index contributed by atoms with van der Waals surface area (Å²) in [7, 11) is 0. The van der Waals surface area contributed by atoms with Crippen LogP contribution in [-0.4, -0.2) is 17.9 Å². The van der Waals surface area contributed by atoms with Crippen LogP contribution in [-0.2, 0) is 16.0 Å². The Kier molecular flexibility index (Phi) is 11.5. The van der Waals surface area contributed by atoms with Gasteiger partial charge in [0.15, 0.2) is 5.78 Å². The second-order valence-corrected chi connectivity index (χ2v) is 10.5. The Balaban J connectivity index is 1.21. The maximum Gasteiger partial charge on any atom is 0.310 e. The summed E-state index contributed by atoms with van der Waals surface area (Å²) in [5.41, 5.74) is 2.07. The molecule has 1 aliphatic carbocycles. The third-order valence-corrected chi connectivity index (χ3v) is 7.78. The number of fused-ring (bicyclic) bond motifs is 2. The maximum absolute atomic E-state index is 12.9. The third-order valence-electron chi connectivity index (χ3n) is 7.78. The van der Waals surface area contributed by atoms with E-state index in [4.69, 9.17) is 4.74 Å². The molecule has 0 aromatic heterocycles. The molecular formula is C30H46O3. The normalized spacial score (nSPS) is 21.8. The number of ketones is 1. The Morgan fingerprint density at radius 1 is 0.788 bits per heavy atom. The van der Waals surface area contributed by atoms with Gasteiger partial charge in [0.05, 0.1) is 5.92 Å². The SMILES string of the molecule is CCCCCCCCCCCCCCCCc1ccc(C(=O)C2CCC3CC2C(=O)O3)cc1. The van der Waals surface area contributed by atoms with Gasteiger partial charge < -0.3 is 4.74 Å². The summed E-state index contributed by atoms with van der Waals surface area (Å²) in [6, 6.07) is 8.14. The van der Waals surface area contributed by atoms with Crippen LogP contribution in [0.1, 0.15) is 132 Å². The fraction of sp³-hybridized carbons (Fsp3) is 0.733. The molecule has 2 fully saturated rings. The van der Waals surface area contributed by atoms with Crippen LogP contribution in [0.2, 0.25) is 0 Å². The quantitative estimate of drug-likeness (QED) is 0.135. The number of benzene rings is 1. The first kappa shape index (κ1) is 26.0. The summed E-state index contributed by atoms with van der Waals surface area (Å²) in [6.45, 7) is 2.28. The molecule has 0 spiro atoms. The van der Waals surface area contributed by atoms with Gasteiger partial charge in [-0.3, -0.25) is 9.59 Å². The summed E-state index contributed by atoms with van der Waals surface area (Å²) < 4.78 is 5.35. The molecule has 0 amide bonds. The predicted octanol–water partition coefficient (Wildman–Crippen LogP) is 8.23. The van der Waals surface area contributed by atoms with E-state index in [2.05, 4.69) is 19.1 Å². The number of esters is 1. The van der Waals surface area contributed by atoms with Gasteiger partial charge in [-0.2, -0.15) is 0 Å². The lowest BCUT2D eigenvalue weighted by Gasteiger charge is -2.23. The molecule has 3 atom stereocenters. The smallest absolute Gasteiger partial charge is 0.310 e. The Hall–Kier alpha value is -1.64. The molecule has 3 heteroatoms. The van der Waals surface area contributed by atoms with Crippen molar-refractivity contribution in [3.63, 3.8) is 0 Å². The van der Waals surface area contributed by atoms with Gasteiger partial charge >= 0.3 is 5.97 Å². The Morgan fingerprint density at radius 3 is 1.91 bits per heavy atom. The fourth-order valence-electron chi connectivity index (χ4n) is 5.64. The van der Waals surface area contributed by atoms with Crippen molar-refractivity contribution in [2.75, 3.05) is 0 Å². The van der Waals surface area contributed by atoms with Crippen molar-refractivity contribution >= 4 is 11.8 Å². The van der Waals surface area contributed by atoms with E-state index >= 15 is 0 Å². The second-order valence-electron chi connectivity index (χ2n) is 10.5. The van der Waals surface area contributed by atoms with Crippen LogP contribution in [0.4, 0.5) is 0 Å². The fourth-order valence-corrected chi connectivity index (χ4v) is 5.64. The van der Waals surface area contributed by atoms with Crippen molar-refractivity contribution in [1.82, 2.24) is 0 Å². The van der Waals surface area contributed by atoms with Gasteiger partial charge in [-0.15, -0.1) is 0 Å². The van der Waals surface area contributed by atoms with Crippen molar-refractivity contribution in [3.8, 4) is 0 Å². The largest absolute Gasteiger partial charge is 0.462 e. The Morgan fingerprint density at radius 2 is 1.33 bits per heavy atom. The van der Waals surface area contributed by atoms with Gasteiger partial charge in [0.1, 0.15) is 6.10 Å². The van der Waals surface area contributed by atoms with Gasteiger partial charge in [0.25, 0.3) is 0 Å². The number of rotatable bonds is 17. The summed E-state index contributed by atoms with van der Waals surface area (Å²) in [6.07, 6.45) is 22.8. The number of aryl methyl sites for hydroxylation is 1. The average Bonchev–Trinajstić information content (AvgIpc) is 3.12. The first-order chi connectivity index (χ1) is 16.2. The summed E-state index contributed by atoms with van der Waals surface area (Å²) in [5, 5.41) is 0. The molecule has 184 valence electrons. The molecule has 3 unspecified atom stereocenters. The van der Waals surface area contributed by atoms with E-state index in [9.17, 15) is 9.59 Å². The van der Waals surface area contributed by atoms with E-state index < -0.39 is 0 Å². The van der Waals surface area contributed by atoms with E-state index in [1.54, 1.807) is 0 Å². The number of unbranched alkanes of at least 4 members (excludes halogenated alkanes) is 13. The highest BCUT2D eigenvalue weighted by molar-refractivity contribution is 6.00. The van der Waals surface area contributed by atoms with Gasteiger partial charge in [0, 0.05) is 11.5 Å². The number of hydrogen-bond donors (Lipinski definition) is 0. The van der Waals surface area contributed by atoms with Crippen LogP contribution in [0.3, 0.4) is 0 Å². The average molecular weight is 455 g/mol. The van der Waals surface area contributed by atoms with Crippen LogP contribution in [0.25, 0.3) is 0 Å². The standard InChI is InChI=1S/C30H46O3/c1-2-3-4-5-6-7-8-9-10-11-12-13-14-15-16-24-17-19-25(20-18-24)29(31)27-22-21-26-23-28(27)30(32)33-26/h17-20,26-28H,2-16,21-23H2,1H3. The molecule has 1 heterocycles. The van der Waals surface area contributed by atoms with E-state index in [0.29, 0.717) is 0 Å². The highest BCUT2D eigenvalue weighted by Gasteiger charge is 2.46. The van der Waals surface area contributed by atoms with E-state index in [-0.39, 0.29) is 29.7 Å².